The minimum Gasteiger partial charge on any atom is -0.368 e. The van der Waals surface area contributed by atoms with Crippen molar-refractivity contribution in [2.75, 3.05) is 0 Å². The van der Waals surface area contributed by atoms with Gasteiger partial charge in [-0.2, -0.15) is 0 Å². The van der Waals surface area contributed by atoms with Gasteiger partial charge in [0.25, 0.3) is 0 Å². The fraction of sp³-hybridized carbons (Fsp3) is 0.125. The Morgan fingerprint density at radius 2 is 2.18 bits per heavy atom. The maximum absolute atomic E-state index is 11.2. The van der Waals surface area contributed by atoms with E-state index in [4.69, 9.17) is 15.4 Å². The molecule has 0 heterocycles. The minimum absolute atomic E-state index is 0.0871. The molecule has 1 aromatic carbocycles. The lowest BCUT2D eigenvalue weighted by atomic mass is 10.1. The van der Waals surface area contributed by atoms with E-state index in [1.165, 1.54) is 0 Å². The first-order valence-electron chi connectivity index (χ1n) is 6.22. The summed E-state index contributed by atoms with van der Waals surface area (Å²) >= 11 is 0. The molecule has 0 bridgehead atoms. The fourth-order valence-electron chi connectivity index (χ4n) is 0.539. The Balaban J connectivity index is 3.63. The van der Waals surface area contributed by atoms with Gasteiger partial charge in [-0.25, -0.2) is 0 Å². The van der Waals surface area contributed by atoms with Crippen molar-refractivity contribution in [1.82, 2.24) is 0 Å². The summed E-state index contributed by atoms with van der Waals surface area (Å²) in [7, 11) is 0. The van der Waals surface area contributed by atoms with E-state index in [2.05, 4.69) is 0 Å². The molecule has 0 saturated heterocycles. The Morgan fingerprint density at radius 3 is 2.64 bits per heavy atom. The van der Waals surface area contributed by atoms with Crippen LogP contribution in [0.2, 0.25) is 2.82 Å². The quantitative estimate of drug-likeness (QED) is 0.656. The predicted octanol–water partition coefficient (Wildman–Crippen LogP) is 0.172. The molecule has 0 fully saturated rings. The first-order chi connectivity index (χ1) is 8.20. The summed E-state index contributed by atoms with van der Waals surface area (Å²) in [5, 5.41) is 0. The molecule has 58 valence electrons. The van der Waals surface area contributed by atoms with E-state index in [1.807, 2.05) is 0 Å². The molecular formula is C8H10N2O. The molecule has 3 nitrogen and oxygen atoms in total. The van der Waals surface area contributed by atoms with E-state index in [9.17, 15) is 4.79 Å². The predicted molar refractivity (Wildman–Crippen MR) is 42.6 cm³/mol. The fourth-order valence-corrected chi connectivity index (χ4v) is 0.539. The molecule has 4 N–H and O–H groups in total. The van der Waals surface area contributed by atoms with Gasteiger partial charge in [0, 0.05) is 0 Å². The third-order valence-corrected chi connectivity index (χ3v) is 1.06. The van der Waals surface area contributed by atoms with Crippen LogP contribution in [0.4, 0.5) is 0 Å². The standard InChI is InChI=1S/C8H10N2O/c9-7(8(10)11)6-4-2-1-3-5-6/h1-5,7H,9H2,(H2,10,11)/i1D,2D,3D,4D,5D/hD2. The molecule has 0 aromatic heterocycles. The topological polar surface area (TPSA) is 69.1 Å². The maximum Gasteiger partial charge on any atom is 0.238 e. The number of carbonyl (C=O) groups excluding carboxylic acids is 1. The normalized spacial score (nSPS) is 21.7. The van der Waals surface area contributed by atoms with Crippen molar-refractivity contribution in [1.29, 1.82) is 0 Å². The molecule has 0 aliphatic heterocycles. The van der Waals surface area contributed by atoms with Gasteiger partial charge >= 0.3 is 0 Å². The molecule has 1 rings (SSSR count). The monoisotopic (exact) mass is 157 g/mol. The van der Waals surface area contributed by atoms with E-state index >= 15 is 0 Å². The van der Waals surface area contributed by atoms with E-state index in [-0.39, 0.29) is 5.72 Å². The molecule has 0 aliphatic carbocycles. The molecule has 0 spiro atoms. The van der Waals surface area contributed by atoms with Crippen LogP contribution in [-0.2, 0) is 4.79 Å². The second-order valence-corrected chi connectivity index (χ2v) is 1.84. The van der Waals surface area contributed by atoms with Gasteiger partial charge in [-0.3, -0.25) is 4.79 Å². The van der Waals surface area contributed by atoms with Gasteiger partial charge in [-0.1, -0.05) is 30.2 Å². The SMILES string of the molecule is [2H]c1c([2H])c([2H])c(C(C(N)=O)N([2H])[2H])c([2H])c1[2H]. The van der Waals surface area contributed by atoms with Gasteiger partial charge < -0.3 is 11.5 Å². The van der Waals surface area contributed by atoms with Gasteiger partial charge in [0.1, 0.15) is 8.87 Å². The van der Waals surface area contributed by atoms with Crippen molar-refractivity contribution in [2.45, 2.75) is 6.04 Å². The van der Waals surface area contributed by atoms with E-state index in [1.54, 1.807) is 0 Å². The average Bonchev–Trinajstić information content (AvgIpc) is 2.28. The molecule has 0 aliphatic rings. The Hall–Kier alpha value is -1.35. The summed E-state index contributed by atoms with van der Waals surface area (Å²) in [6.07, 6.45) is 0. The van der Waals surface area contributed by atoms with Crippen molar-refractivity contribution in [3.05, 3.63) is 35.8 Å². The highest BCUT2D eigenvalue weighted by molar-refractivity contribution is 5.81. The number of hydrogen-bond acceptors (Lipinski definition) is 2. The van der Waals surface area contributed by atoms with Crippen molar-refractivity contribution in [3.63, 3.8) is 0 Å². The highest BCUT2D eigenvalue weighted by Crippen LogP contribution is 2.07. The summed E-state index contributed by atoms with van der Waals surface area (Å²) < 4.78 is 51.5. The Labute approximate surface area is 75.0 Å². The lowest BCUT2D eigenvalue weighted by molar-refractivity contribution is -0.119. The Bertz CT molecular complexity index is 476. The smallest absolute Gasteiger partial charge is 0.238 e. The summed E-state index contributed by atoms with van der Waals surface area (Å²) in [4.78, 5) is 11.2. The van der Waals surface area contributed by atoms with Gasteiger partial charge in [-0.05, 0) is 5.56 Å². The van der Waals surface area contributed by atoms with Crippen LogP contribution in [0.15, 0.2) is 30.2 Å². The van der Waals surface area contributed by atoms with Crippen molar-refractivity contribution < 1.29 is 14.5 Å². The first kappa shape index (κ1) is 2.60. The number of nitrogens with two attached hydrogens (primary N) is 2. The number of amides is 1. The zero-order valence-corrected chi connectivity index (χ0v) is 5.51. The lowest BCUT2D eigenvalue weighted by Crippen LogP contribution is -2.27. The van der Waals surface area contributed by atoms with Crippen LogP contribution in [0.1, 0.15) is 18.5 Å². The minimum atomic E-state index is -1.72. The van der Waals surface area contributed by atoms with Crippen LogP contribution in [0.25, 0.3) is 0 Å². The van der Waals surface area contributed by atoms with Gasteiger partial charge in [0.05, 0.1) is 6.85 Å². The molecule has 1 atom stereocenters. The van der Waals surface area contributed by atoms with Crippen LogP contribution in [-0.4, -0.2) is 5.91 Å². The number of benzene rings is 1. The Morgan fingerprint density at radius 1 is 1.55 bits per heavy atom. The molecule has 0 saturated carbocycles. The van der Waals surface area contributed by atoms with E-state index in [0.717, 1.165) is 0 Å². The van der Waals surface area contributed by atoms with E-state index < -0.39 is 47.7 Å². The third kappa shape index (κ3) is 1.78. The van der Waals surface area contributed by atoms with Crippen LogP contribution in [0.5, 0.6) is 0 Å². The largest absolute Gasteiger partial charge is 0.368 e. The number of rotatable bonds is 3. The van der Waals surface area contributed by atoms with Crippen LogP contribution in [0.3, 0.4) is 0 Å². The zero-order chi connectivity index (χ0) is 14.2. The van der Waals surface area contributed by atoms with Gasteiger partial charge in [0.2, 0.25) is 5.91 Å². The molecule has 0 radical (unpaired) electrons. The van der Waals surface area contributed by atoms with Crippen LogP contribution in [0, 0.1) is 0 Å². The second kappa shape index (κ2) is 3.16. The zero-order valence-electron chi connectivity index (χ0n) is 12.5. The highest BCUT2D eigenvalue weighted by Gasteiger charge is 2.09. The average molecular weight is 157 g/mol. The van der Waals surface area contributed by atoms with E-state index in [0.29, 0.717) is 0 Å². The molecule has 1 unspecified atom stereocenters. The number of carbonyl (C=O) groups is 1. The maximum atomic E-state index is 11.2. The molecule has 1 amide bonds. The summed E-state index contributed by atoms with van der Waals surface area (Å²) in [5.41, 5.74) is 4.43. The van der Waals surface area contributed by atoms with Crippen LogP contribution >= 0.6 is 0 Å². The summed E-state index contributed by atoms with van der Waals surface area (Å²) in [6.45, 7) is 0. The van der Waals surface area contributed by atoms with Gasteiger partial charge in [0.15, 0.2) is 0 Å². The molecule has 11 heavy (non-hydrogen) atoms. The lowest BCUT2D eigenvalue weighted by Gasteiger charge is -2.05. The molecule has 1 aromatic rings. The van der Waals surface area contributed by atoms with Crippen molar-refractivity contribution >= 4 is 5.91 Å². The highest BCUT2D eigenvalue weighted by atomic mass is 16.1. The molecular weight excluding hydrogens is 140 g/mol. The Kier molecular flexibility index (Phi) is 0.749. The summed E-state index contributed by atoms with van der Waals surface area (Å²) in [6, 6.07) is -4.90. The first-order valence-corrected chi connectivity index (χ1v) is 2.83. The summed E-state index contributed by atoms with van der Waals surface area (Å²) in [5.74, 6) is -1.14. The van der Waals surface area contributed by atoms with Crippen molar-refractivity contribution in [2.24, 2.45) is 11.5 Å². The second-order valence-electron chi connectivity index (χ2n) is 1.84. The number of hydrogen-bond donors (Lipinski definition) is 2. The van der Waals surface area contributed by atoms with Crippen LogP contribution < -0.4 is 11.5 Å². The van der Waals surface area contributed by atoms with Gasteiger partial charge in [-0.15, -0.1) is 0 Å². The van der Waals surface area contributed by atoms with Crippen molar-refractivity contribution in [3.8, 4) is 0 Å². The number of primary amides is 1. The third-order valence-electron chi connectivity index (χ3n) is 1.06. The molecule has 3 heteroatoms.